The molecule has 5 nitrogen and oxygen atoms in total. The Balaban J connectivity index is 2.40. The van der Waals surface area contributed by atoms with E-state index in [1.807, 2.05) is 0 Å². The van der Waals surface area contributed by atoms with Gasteiger partial charge < -0.3 is 4.90 Å². The van der Waals surface area contributed by atoms with Crippen molar-refractivity contribution in [1.29, 1.82) is 0 Å². The summed E-state index contributed by atoms with van der Waals surface area (Å²) in [6.07, 6.45) is 1.93. The highest BCUT2D eigenvalue weighted by atomic mass is 35.5. The zero-order chi connectivity index (χ0) is 13.5. The van der Waals surface area contributed by atoms with Crippen LogP contribution in [0.2, 0.25) is 5.02 Å². The van der Waals surface area contributed by atoms with Gasteiger partial charge in [0.05, 0.1) is 15.5 Å². The number of nitrogens with two attached hydrogens (primary N) is 1. The normalized spacial score (nSPS) is 15.5. The highest BCUT2D eigenvalue weighted by molar-refractivity contribution is 7.89. The van der Waals surface area contributed by atoms with Crippen LogP contribution in [0, 0.1) is 0 Å². The third-order valence-electron chi connectivity index (χ3n) is 2.91. The van der Waals surface area contributed by atoms with Crippen LogP contribution in [0.3, 0.4) is 0 Å². The maximum absolute atomic E-state index is 12.1. The lowest BCUT2D eigenvalue weighted by atomic mass is 10.2. The average Bonchev–Trinajstić information content (AvgIpc) is 3.10. The summed E-state index contributed by atoms with van der Waals surface area (Å²) >= 11 is 5.93. The summed E-state index contributed by atoms with van der Waals surface area (Å²) < 4.78 is 22.5. The van der Waals surface area contributed by atoms with Crippen molar-refractivity contribution in [1.82, 2.24) is 4.90 Å². The molecule has 1 aliphatic rings. The van der Waals surface area contributed by atoms with Crippen LogP contribution in [-0.2, 0) is 10.0 Å². The minimum absolute atomic E-state index is 0.112. The molecule has 1 fully saturated rings. The van der Waals surface area contributed by atoms with Gasteiger partial charge in [0.2, 0.25) is 10.0 Å². The van der Waals surface area contributed by atoms with E-state index >= 15 is 0 Å². The fourth-order valence-electron chi connectivity index (χ4n) is 1.66. The predicted molar refractivity (Wildman–Crippen MR) is 67.9 cm³/mol. The van der Waals surface area contributed by atoms with Crippen LogP contribution in [-0.4, -0.2) is 32.3 Å². The number of amides is 1. The van der Waals surface area contributed by atoms with E-state index in [1.54, 1.807) is 11.9 Å². The summed E-state index contributed by atoms with van der Waals surface area (Å²) in [7, 11) is -2.15. The summed E-state index contributed by atoms with van der Waals surface area (Å²) in [5.74, 6) is -0.284. The molecule has 1 aromatic carbocycles. The van der Waals surface area contributed by atoms with Crippen molar-refractivity contribution >= 4 is 27.5 Å². The maximum Gasteiger partial charge on any atom is 0.255 e. The molecule has 1 amide bonds. The van der Waals surface area contributed by atoms with Crippen molar-refractivity contribution in [2.45, 2.75) is 23.8 Å². The van der Waals surface area contributed by atoms with E-state index < -0.39 is 10.0 Å². The molecule has 1 aliphatic carbocycles. The van der Waals surface area contributed by atoms with Crippen molar-refractivity contribution < 1.29 is 13.2 Å². The average molecular weight is 289 g/mol. The number of hydrogen-bond acceptors (Lipinski definition) is 3. The standard InChI is InChI=1S/C11H13ClN2O3S/c1-14(7-2-3-7)11(15)9-6-8(18(13,16)17)4-5-10(9)12/h4-7H,2-3H2,1H3,(H2,13,16,17). The van der Waals surface area contributed by atoms with Crippen LogP contribution >= 0.6 is 11.6 Å². The van der Waals surface area contributed by atoms with Crippen molar-refractivity contribution in [3.8, 4) is 0 Å². The molecule has 2 N–H and O–H groups in total. The zero-order valence-corrected chi connectivity index (χ0v) is 11.3. The summed E-state index contributed by atoms with van der Waals surface area (Å²) in [5, 5.41) is 5.25. The third kappa shape index (κ3) is 2.66. The number of nitrogens with zero attached hydrogens (tertiary/aromatic N) is 1. The highest BCUT2D eigenvalue weighted by Gasteiger charge is 2.31. The molecule has 0 aliphatic heterocycles. The van der Waals surface area contributed by atoms with E-state index in [0.29, 0.717) is 0 Å². The summed E-state index contributed by atoms with van der Waals surface area (Å²) in [4.78, 5) is 13.6. The molecule has 98 valence electrons. The molecular formula is C11H13ClN2O3S. The van der Waals surface area contributed by atoms with Gasteiger partial charge in [-0.3, -0.25) is 4.79 Å². The quantitative estimate of drug-likeness (QED) is 0.908. The molecular weight excluding hydrogens is 276 g/mol. The molecule has 0 aromatic heterocycles. The predicted octanol–water partition coefficient (Wildman–Crippen LogP) is 1.22. The van der Waals surface area contributed by atoms with Crippen LogP contribution in [0.1, 0.15) is 23.2 Å². The van der Waals surface area contributed by atoms with Gasteiger partial charge in [-0.1, -0.05) is 11.6 Å². The second-order valence-electron chi connectivity index (χ2n) is 4.33. The molecule has 0 bridgehead atoms. The molecule has 0 radical (unpaired) electrons. The third-order valence-corrected chi connectivity index (χ3v) is 4.15. The van der Waals surface area contributed by atoms with Crippen LogP contribution in [0.4, 0.5) is 0 Å². The molecule has 0 heterocycles. The van der Waals surface area contributed by atoms with Gasteiger partial charge >= 0.3 is 0 Å². The first-order valence-electron chi connectivity index (χ1n) is 5.40. The lowest BCUT2D eigenvalue weighted by Gasteiger charge is -2.17. The number of primary sulfonamides is 1. The van der Waals surface area contributed by atoms with Gasteiger partial charge in [-0.25, -0.2) is 13.6 Å². The van der Waals surface area contributed by atoms with Gasteiger partial charge in [0.1, 0.15) is 0 Å². The zero-order valence-electron chi connectivity index (χ0n) is 9.76. The highest BCUT2D eigenvalue weighted by Crippen LogP contribution is 2.29. The van der Waals surface area contributed by atoms with E-state index in [9.17, 15) is 13.2 Å². The van der Waals surface area contributed by atoms with E-state index in [0.717, 1.165) is 12.8 Å². The van der Waals surface area contributed by atoms with Crippen molar-refractivity contribution in [2.24, 2.45) is 5.14 Å². The summed E-state index contributed by atoms with van der Waals surface area (Å²) in [6, 6.07) is 4.10. The molecule has 18 heavy (non-hydrogen) atoms. The first-order chi connectivity index (χ1) is 8.30. The number of rotatable bonds is 3. The van der Waals surface area contributed by atoms with Crippen LogP contribution in [0.15, 0.2) is 23.1 Å². The lowest BCUT2D eigenvalue weighted by Crippen LogP contribution is -2.29. The Hall–Kier alpha value is -1.11. The van der Waals surface area contributed by atoms with Gasteiger partial charge in [0, 0.05) is 13.1 Å². The minimum Gasteiger partial charge on any atom is -0.339 e. The monoisotopic (exact) mass is 288 g/mol. The summed E-state index contributed by atoms with van der Waals surface area (Å²) in [5.41, 5.74) is 0.164. The van der Waals surface area contributed by atoms with Crippen molar-refractivity contribution in [2.75, 3.05) is 7.05 Å². The number of halogens is 1. The Morgan fingerprint density at radius 3 is 2.56 bits per heavy atom. The Morgan fingerprint density at radius 2 is 2.06 bits per heavy atom. The van der Waals surface area contributed by atoms with Gasteiger partial charge in [-0.15, -0.1) is 0 Å². The first-order valence-corrected chi connectivity index (χ1v) is 7.32. The molecule has 2 rings (SSSR count). The number of benzene rings is 1. The van der Waals surface area contributed by atoms with E-state index in [4.69, 9.17) is 16.7 Å². The molecule has 7 heteroatoms. The number of hydrogen-bond donors (Lipinski definition) is 1. The SMILES string of the molecule is CN(C(=O)c1cc(S(N)(=O)=O)ccc1Cl)C1CC1. The molecule has 0 unspecified atom stereocenters. The van der Waals surface area contributed by atoms with E-state index in [-0.39, 0.29) is 27.4 Å². The Kier molecular flexibility index (Phi) is 3.35. The second kappa shape index (κ2) is 4.53. The smallest absolute Gasteiger partial charge is 0.255 e. The largest absolute Gasteiger partial charge is 0.339 e. The van der Waals surface area contributed by atoms with E-state index in [2.05, 4.69) is 0 Å². The van der Waals surface area contributed by atoms with Crippen LogP contribution in [0.5, 0.6) is 0 Å². The Morgan fingerprint density at radius 1 is 1.44 bits per heavy atom. The topological polar surface area (TPSA) is 80.5 Å². The van der Waals surface area contributed by atoms with Crippen LogP contribution < -0.4 is 5.14 Å². The molecule has 0 saturated heterocycles. The lowest BCUT2D eigenvalue weighted by molar-refractivity contribution is 0.0785. The number of sulfonamides is 1. The fraction of sp³-hybridized carbons (Fsp3) is 0.364. The number of carbonyl (C=O) groups excluding carboxylic acids is 1. The maximum atomic E-state index is 12.1. The van der Waals surface area contributed by atoms with Crippen molar-refractivity contribution in [3.63, 3.8) is 0 Å². The minimum atomic E-state index is -3.84. The first kappa shape index (κ1) is 13.3. The van der Waals surface area contributed by atoms with Gasteiger partial charge in [0.25, 0.3) is 5.91 Å². The Labute approximate surface area is 111 Å². The summed E-state index contributed by atoms with van der Waals surface area (Å²) in [6.45, 7) is 0. The second-order valence-corrected chi connectivity index (χ2v) is 6.30. The molecule has 1 saturated carbocycles. The molecule has 0 atom stereocenters. The van der Waals surface area contributed by atoms with Gasteiger partial charge in [-0.05, 0) is 31.0 Å². The number of carbonyl (C=O) groups is 1. The van der Waals surface area contributed by atoms with Gasteiger partial charge in [0.15, 0.2) is 0 Å². The fourth-order valence-corrected chi connectivity index (χ4v) is 2.40. The Bertz CT molecular complexity index is 596. The molecule has 0 spiro atoms. The van der Waals surface area contributed by atoms with E-state index in [1.165, 1.54) is 18.2 Å². The van der Waals surface area contributed by atoms with Crippen molar-refractivity contribution in [3.05, 3.63) is 28.8 Å². The molecule has 1 aromatic rings. The van der Waals surface area contributed by atoms with Crippen LogP contribution in [0.25, 0.3) is 0 Å². The van der Waals surface area contributed by atoms with Gasteiger partial charge in [-0.2, -0.15) is 0 Å².